The van der Waals surface area contributed by atoms with Gasteiger partial charge in [-0.1, -0.05) is 0 Å². The minimum Gasteiger partial charge on any atom is -0.492 e. The Kier molecular flexibility index (Phi) is 6.01. The molecule has 0 atom stereocenters. The van der Waals surface area contributed by atoms with Gasteiger partial charge < -0.3 is 9.47 Å². The third kappa shape index (κ3) is 4.56. The molecule has 0 N–H and O–H groups in total. The molecule has 1 saturated heterocycles. The van der Waals surface area contributed by atoms with Gasteiger partial charge in [0.15, 0.2) is 5.78 Å². The second-order valence-electron chi connectivity index (χ2n) is 6.31. The zero-order chi connectivity index (χ0) is 17.6. The third-order valence-corrected chi connectivity index (χ3v) is 4.60. The van der Waals surface area contributed by atoms with E-state index in [9.17, 15) is 4.79 Å². The summed E-state index contributed by atoms with van der Waals surface area (Å²) < 4.78 is 12.8. The average Bonchev–Trinajstić information content (AvgIpc) is 3.04. The lowest BCUT2D eigenvalue weighted by Crippen LogP contribution is -2.48. The standard InChI is InChI=1S/C18H26N4O3/c1-15(23)17-14-19-18-13-16(3-4-22(17)18)25-12-10-21-7-5-20(6-8-21)9-11-24-2/h3-4,13-14H,5-12H2,1-2H3. The van der Waals surface area contributed by atoms with Gasteiger partial charge in [0, 0.05) is 65.6 Å². The molecule has 0 aromatic carbocycles. The molecule has 1 aliphatic heterocycles. The lowest BCUT2D eigenvalue weighted by atomic mass is 10.3. The third-order valence-electron chi connectivity index (χ3n) is 4.60. The molecule has 3 heterocycles. The Balaban J connectivity index is 1.45. The van der Waals surface area contributed by atoms with Crippen LogP contribution in [0.15, 0.2) is 24.5 Å². The molecule has 7 nitrogen and oxygen atoms in total. The van der Waals surface area contributed by atoms with Crippen molar-refractivity contribution in [2.24, 2.45) is 0 Å². The normalized spacial score (nSPS) is 16.4. The highest BCUT2D eigenvalue weighted by Gasteiger charge is 2.16. The van der Waals surface area contributed by atoms with Crippen LogP contribution in [0.2, 0.25) is 0 Å². The number of ketones is 1. The summed E-state index contributed by atoms with van der Waals surface area (Å²) in [4.78, 5) is 20.6. The lowest BCUT2D eigenvalue weighted by molar-refractivity contribution is 0.0894. The van der Waals surface area contributed by atoms with E-state index in [2.05, 4.69) is 14.8 Å². The molecule has 1 aliphatic rings. The van der Waals surface area contributed by atoms with Crippen molar-refractivity contribution < 1.29 is 14.3 Å². The minimum absolute atomic E-state index is 0.00538. The highest BCUT2D eigenvalue weighted by Crippen LogP contribution is 2.16. The number of aromatic nitrogens is 2. The lowest BCUT2D eigenvalue weighted by Gasteiger charge is -2.34. The van der Waals surface area contributed by atoms with Crippen molar-refractivity contribution in [3.63, 3.8) is 0 Å². The van der Waals surface area contributed by atoms with Gasteiger partial charge in [-0.25, -0.2) is 4.98 Å². The molecule has 0 saturated carbocycles. The molecule has 25 heavy (non-hydrogen) atoms. The number of nitrogens with zero attached hydrogens (tertiary/aromatic N) is 4. The van der Waals surface area contributed by atoms with Crippen molar-refractivity contribution in [3.05, 3.63) is 30.2 Å². The van der Waals surface area contributed by atoms with Gasteiger partial charge in [0.2, 0.25) is 0 Å². The van der Waals surface area contributed by atoms with Crippen LogP contribution in [0.3, 0.4) is 0 Å². The molecule has 3 rings (SSSR count). The number of Topliss-reactive ketones (excluding diaryl/α,β-unsaturated/α-hetero) is 1. The fourth-order valence-corrected chi connectivity index (χ4v) is 3.06. The fraction of sp³-hybridized carbons (Fsp3) is 0.556. The predicted molar refractivity (Wildman–Crippen MR) is 95.4 cm³/mol. The summed E-state index contributed by atoms with van der Waals surface area (Å²) in [6.07, 6.45) is 3.44. The number of carbonyl (C=O) groups is 1. The number of carbonyl (C=O) groups excluding carboxylic acids is 1. The summed E-state index contributed by atoms with van der Waals surface area (Å²) in [7, 11) is 1.75. The second-order valence-corrected chi connectivity index (χ2v) is 6.31. The SMILES string of the molecule is COCCN1CCN(CCOc2ccn3c(C(C)=O)cnc3c2)CC1. The smallest absolute Gasteiger partial charge is 0.178 e. The zero-order valence-electron chi connectivity index (χ0n) is 15.0. The Bertz CT molecular complexity index is 707. The highest BCUT2D eigenvalue weighted by atomic mass is 16.5. The van der Waals surface area contributed by atoms with E-state index in [0.29, 0.717) is 12.3 Å². The Morgan fingerprint density at radius 1 is 1.16 bits per heavy atom. The number of rotatable bonds is 8. The second kappa shape index (κ2) is 8.42. The number of hydrogen-bond acceptors (Lipinski definition) is 6. The predicted octanol–water partition coefficient (Wildman–Crippen LogP) is 1.18. The molecular formula is C18H26N4O3. The monoisotopic (exact) mass is 346 g/mol. The first-order chi connectivity index (χ1) is 12.2. The fourth-order valence-electron chi connectivity index (χ4n) is 3.06. The van der Waals surface area contributed by atoms with Crippen LogP contribution < -0.4 is 4.74 Å². The summed E-state index contributed by atoms with van der Waals surface area (Å²) in [5, 5.41) is 0. The van der Waals surface area contributed by atoms with Crippen molar-refractivity contribution in [1.82, 2.24) is 19.2 Å². The van der Waals surface area contributed by atoms with E-state index in [1.807, 2.05) is 18.3 Å². The van der Waals surface area contributed by atoms with Gasteiger partial charge in [0.1, 0.15) is 23.7 Å². The Morgan fingerprint density at radius 3 is 2.48 bits per heavy atom. The summed E-state index contributed by atoms with van der Waals surface area (Å²) in [5.41, 5.74) is 1.32. The van der Waals surface area contributed by atoms with Gasteiger partial charge in [-0.05, 0) is 6.07 Å². The Hall–Kier alpha value is -1.96. The van der Waals surface area contributed by atoms with Crippen LogP contribution in [0.25, 0.3) is 5.65 Å². The van der Waals surface area contributed by atoms with E-state index in [1.165, 1.54) is 0 Å². The maximum atomic E-state index is 11.5. The topological polar surface area (TPSA) is 59.3 Å². The number of ether oxygens (including phenoxy) is 2. The van der Waals surface area contributed by atoms with Crippen molar-refractivity contribution in [2.45, 2.75) is 6.92 Å². The minimum atomic E-state index is 0.00538. The molecule has 7 heteroatoms. The van der Waals surface area contributed by atoms with Gasteiger partial charge in [-0.2, -0.15) is 0 Å². The van der Waals surface area contributed by atoms with Crippen LogP contribution in [0.4, 0.5) is 0 Å². The first kappa shape index (κ1) is 17.8. The van der Waals surface area contributed by atoms with Gasteiger partial charge in [-0.3, -0.25) is 19.0 Å². The van der Waals surface area contributed by atoms with Crippen LogP contribution >= 0.6 is 0 Å². The number of piperazine rings is 1. The largest absolute Gasteiger partial charge is 0.492 e. The van der Waals surface area contributed by atoms with Crippen LogP contribution in [0, 0.1) is 0 Å². The van der Waals surface area contributed by atoms with Crippen LogP contribution in [-0.2, 0) is 4.74 Å². The summed E-state index contributed by atoms with van der Waals surface area (Å²) in [6, 6.07) is 3.75. The van der Waals surface area contributed by atoms with Crippen molar-refractivity contribution in [2.75, 3.05) is 59.6 Å². The molecule has 0 radical (unpaired) electrons. The molecule has 0 amide bonds. The van der Waals surface area contributed by atoms with E-state index in [0.717, 1.165) is 57.3 Å². The quantitative estimate of drug-likeness (QED) is 0.669. The number of pyridine rings is 1. The van der Waals surface area contributed by atoms with Crippen molar-refractivity contribution in [3.8, 4) is 5.75 Å². The number of methoxy groups -OCH3 is 1. The maximum absolute atomic E-state index is 11.5. The van der Waals surface area contributed by atoms with E-state index >= 15 is 0 Å². The zero-order valence-corrected chi connectivity index (χ0v) is 15.0. The maximum Gasteiger partial charge on any atom is 0.178 e. The summed E-state index contributed by atoms with van der Waals surface area (Å²) in [6.45, 7) is 9.20. The van der Waals surface area contributed by atoms with Crippen molar-refractivity contribution in [1.29, 1.82) is 0 Å². The van der Waals surface area contributed by atoms with Crippen LogP contribution in [-0.4, -0.2) is 84.6 Å². The molecule has 0 unspecified atom stereocenters. The Labute approximate surface area is 148 Å². The first-order valence-electron chi connectivity index (χ1n) is 8.72. The van der Waals surface area contributed by atoms with E-state index in [-0.39, 0.29) is 5.78 Å². The van der Waals surface area contributed by atoms with Crippen LogP contribution in [0.5, 0.6) is 5.75 Å². The number of imidazole rings is 1. The van der Waals surface area contributed by atoms with E-state index < -0.39 is 0 Å². The van der Waals surface area contributed by atoms with Gasteiger partial charge >= 0.3 is 0 Å². The molecule has 0 aliphatic carbocycles. The van der Waals surface area contributed by atoms with Gasteiger partial charge in [0.25, 0.3) is 0 Å². The molecule has 0 bridgehead atoms. The van der Waals surface area contributed by atoms with E-state index in [4.69, 9.17) is 9.47 Å². The van der Waals surface area contributed by atoms with Gasteiger partial charge in [0.05, 0.1) is 12.8 Å². The molecule has 1 fully saturated rings. The number of hydrogen-bond donors (Lipinski definition) is 0. The van der Waals surface area contributed by atoms with Gasteiger partial charge in [-0.15, -0.1) is 0 Å². The summed E-state index contributed by atoms with van der Waals surface area (Å²) in [5.74, 6) is 0.790. The molecule has 0 spiro atoms. The molecule has 2 aromatic rings. The molecule has 2 aromatic heterocycles. The van der Waals surface area contributed by atoms with Crippen molar-refractivity contribution >= 4 is 11.4 Å². The first-order valence-corrected chi connectivity index (χ1v) is 8.72. The summed E-state index contributed by atoms with van der Waals surface area (Å²) >= 11 is 0. The molecule has 136 valence electrons. The highest BCUT2D eigenvalue weighted by molar-refractivity contribution is 5.93. The van der Waals surface area contributed by atoms with E-state index in [1.54, 1.807) is 24.6 Å². The average molecular weight is 346 g/mol. The van der Waals surface area contributed by atoms with Crippen LogP contribution in [0.1, 0.15) is 17.4 Å². The Morgan fingerprint density at radius 2 is 1.84 bits per heavy atom. The number of fused-ring (bicyclic) bond motifs is 1. The molecular weight excluding hydrogens is 320 g/mol.